The van der Waals surface area contributed by atoms with Crippen LogP contribution < -0.4 is 37.7 Å². The standard InChI is InChI=1S/C5H12NO4S2.C4H10O3S.2Li/c1-5(2,3)12(9,10)6-11(4,7)8;1-4(2,3)8(5,6)7;;/h1-4H3;1-3H3,(H,5,6,7);;/q-1;;2*+1. The minimum atomic E-state index is -3.92. The van der Waals surface area contributed by atoms with Crippen LogP contribution in [0, 0.1) is 0 Å². The largest absolute Gasteiger partial charge is 1.00 e. The van der Waals surface area contributed by atoms with E-state index in [4.69, 9.17) is 4.55 Å². The third-order valence-corrected chi connectivity index (χ3v) is 6.74. The fourth-order valence-corrected chi connectivity index (χ4v) is 2.61. The van der Waals surface area contributed by atoms with Gasteiger partial charge in [0.25, 0.3) is 10.1 Å². The Balaban J connectivity index is -0.000000144. The third-order valence-electron chi connectivity index (χ3n) is 1.78. The predicted molar refractivity (Wildman–Crippen MR) is 78.2 cm³/mol. The van der Waals surface area contributed by atoms with E-state index in [1.807, 2.05) is 0 Å². The van der Waals surface area contributed by atoms with Gasteiger partial charge in [0.2, 0.25) is 0 Å². The van der Waals surface area contributed by atoms with Crippen molar-refractivity contribution in [2.24, 2.45) is 0 Å². The molecular formula is C9H22Li2NO7S3+. The van der Waals surface area contributed by atoms with Crippen molar-refractivity contribution in [2.45, 2.75) is 51.0 Å². The molecular weight excluding hydrogens is 344 g/mol. The zero-order valence-electron chi connectivity index (χ0n) is 14.6. The van der Waals surface area contributed by atoms with Crippen LogP contribution in [0.15, 0.2) is 0 Å². The number of sulfonamides is 2. The first kappa shape index (κ1) is 30.8. The van der Waals surface area contributed by atoms with E-state index in [1.54, 1.807) is 0 Å². The van der Waals surface area contributed by atoms with Gasteiger partial charge in [-0.05, 0) is 41.5 Å². The van der Waals surface area contributed by atoms with Crippen molar-refractivity contribution in [1.82, 2.24) is 0 Å². The number of rotatable bonds is 2. The Bertz CT molecular complexity index is 626. The summed E-state index contributed by atoms with van der Waals surface area (Å²) in [6.07, 6.45) is 0.746. The normalized spacial score (nSPS) is 13.1. The van der Waals surface area contributed by atoms with Crippen molar-refractivity contribution in [3.63, 3.8) is 0 Å². The van der Waals surface area contributed by atoms with Gasteiger partial charge in [-0.3, -0.25) is 4.55 Å². The molecule has 0 fully saturated rings. The Hall–Kier alpha value is 0.965. The minimum Gasteiger partial charge on any atom is -0.436 e. The van der Waals surface area contributed by atoms with E-state index in [-0.39, 0.29) is 37.7 Å². The van der Waals surface area contributed by atoms with Gasteiger partial charge < -0.3 is 4.13 Å². The molecule has 0 atom stereocenters. The SMILES string of the molecule is CC(C)(C)S(=O)(=O)O.CC(C)(C)S(=O)(=O)[N-]S(C)(=O)=O.[Li+].[Li+]. The molecule has 0 aliphatic rings. The molecule has 0 amide bonds. The number of hydrogen-bond acceptors (Lipinski definition) is 6. The summed E-state index contributed by atoms with van der Waals surface area (Å²) in [6, 6.07) is 0. The first-order valence-electron chi connectivity index (χ1n) is 5.36. The first-order valence-corrected chi connectivity index (χ1v) is 10.1. The molecule has 0 aromatic carbocycles. The van der Waals surface area contributed by atoms with Crippen molar-refractivity contribution < 1.29 is 67.5 Å². The summed E-state index contributed by atoms with van der Waals surface area (Å²) in [5, 5.41) is 0. The molecule has 0 saturated carbocycles. The van der Waals surface area contributed by atoms with Gasteiger partial charge in [-0.2, -0.15) is 8.42 Å². The fourth-order valence-electron chi connectivity index (χ4n) is 0.290. The van der Waals surface area contributed by atoms with E-state index in [2.05, 4.69) is 4.13 Å². The fraction of sp³-hybridized carbons (Fsp3) is 1.00. The van der Waals surface area contributed by atoms with Crippen LogP contribution in [0.3, 0.4) is 0 Å². The Labute approximate surface area is 158 Å². The molecule has 0 radical (unpaired) electrons. The molecule has 124 valence electrons. The van der Waals surface area contributed by atoms with Crippen molar-refractivity contribution in [1.29, 1.82) is 0 Å². The second-order valence-corrected chi connectivity index (χ2v) is 12.4. The van der Waals surface area contributed by atoms with E-state index in [0.717, 1.165) is 6.26 Å². The molecule has 0 unspecified atom stereocenters. The van der Waals surface area contributed by atoms with Crippen molar-refractivity contribution in [2.75, 3.05) is 6.26 Å². The summed E-state index contributed by atoms with van der Waals surface area (Å²) in [5.41, 5.74) is 0. The maximum atomic E-state index is 11.1. The zero-order chi connectivity index (χ0) is 17.2. The average Bonchev–Trinajstić information content (AvgIpc) is 1.92. The molecule has 0 aliphatic heterocycles. The van der Waals surface area contributed by atoms with E-state index in [9.17, 15) is 25.3 Å². The van der Waals surface area contributed by atoms with Crippen LogP contribution in [0.1, 0.15) is 41.5 Å². The zero-order valence-corrected chi connectivity index (χ0v) is 17.0. The van der Waals surface area contributed by atoms with Crippen LogP contribution in [0.2, 0.25) is 0 Å². The van der Waals surface area contributed by atoms with E-state index < -0.39 is 39.7 Å². The van der Waals surface area contributed by atoms with Gasteiger partial charge in [0.05, 0.1) is 24.8 Å². The van der Waals surface area contributed by atoms with Crippen molar-refractivity contribution in [3.05, 3.63) is 4.13 Å². The first-order chi connectivity index (χ1) is 8.21. The van der Waals surface area contributed by atoms with Gasteiger partial charge in [-0.25, -0.2) is 16.8 Å². The molecule has 0 rings (SSSR count). The van der Waals surface area contributed by atoms with Gasteiger partial charge in [0, 0.05) is 11.0 Å². The topological polar surface area (TPSA) is 137 Å². The summed E-state index contributed by atoms with van der Waals surface area (Å²) in [5.74, 6) is 0. The molecule has 0 bridgehead atoms. The molecule has 0 saturated heterocycles. The Morgan fingerprint density at radius 2 is 0.955 bits per heavy atom. The van der Waals surface area contributed by atoms with Gasteiger partial charge in [-0.1, -0.05) is 0 Å². The Morgan fingerprint density at radius 3 is 1.00 bits per heavy atom. The van der Waals surface area contributed by atoms with Crippen molar-refractivity contribution >= 4 is 30.2 Å². The molecule has 0 heterocycles. The summed E-state index contributed by atoms with van der Waals surface area (Å²) in [7, 11) is -11.6. The number of hydrogen-bond donors (Lipinski definition) is 1. The van der Waals surface area contributed by atoms with Gasteiger partial charge in [0.1, 0.15) is 0 Å². The van der Waals surface area contributed by atoms with E-state index >= 15 is 0 Å². The Morgan fingerprint density at radius 1 is 0.727 bits per heavy atom. The maximum Gasteiger partial charge on any atom is 1.00 e. The molecule has 0 spiro atoms. The second-order valence-electron chi connectivity index (χ2n) is 5.98. The molecule has 13 heteroatoms. The van der Waals surface area contributed by atoms with Crippen LogP contribution in [0.5, 0.6) is 0 Å². The molecule has 0 aromatic rings. The Kier molecular flexibility index (Phi) is 13.2. The molecule has 1 N–H and O–H groups in total. The smallest absolute Gasteiger partial charge is 0.436 e. The summed E-state index contributed by atoms with van der Waals surface area (Å²) >= 11 is 0. The maximum absolute atomic E-state index is 11.1. The molecule has 0 aliphatic carbocycles. The van der Waals surface area contributed by atoms with E-state index in [0.29, 0.717) is 0 Å². The van der Waals surface area contributed by atoms with Crippen LogP contribution in [0.25, 0.3) is 4.13 Å². The predicted octanol–water partition coefficient (Wildman–Crippen LogP) is -4.87. The van der Waals surface area contributed by atoms with Gasteiger partial charge in [-0.15, -0.1) is 0 Å². The van der Waals surface area contributed by atoms with Crippen molar-refractivity contribution in [3.8, 4) is 0 Å². The molecule has 0 aromatic heterocycles. The third kappa shape index (κ3) is 13.4. The van der Waals surface area contributed by atoms with Gasteiger partial charge in [0.15, 0.2) is 0 Å². The van der Waals surface area contributed by atoms with E-state index in [1.165, 1.54) is 41.5 Å². The second kappa shape index (κ2) is 9.45. The summed E-state index contributed by atoms with van der Waals surface area (Å²) in [6.45, 7) is 8.46. The molecule has 22 heavy (non-hydrogen) atoms. The van der Waals surface area contributed by atoms with Crippen LogP contribution in [-0.2, 0) is 30.2 Å². The minimum absolute atomic E-state index is 0. The van der Waals surface area contributed by atoms with Crippen LogP contribution >= 0.6 is 0 Å². The summed E-state index contributed by atoms with van der Waals surface area (Å²) < 4.78 is 72.6. The van der Waals surface area contributed by atoms with Crippen LogP contribution in [0.4, 0.5) is 0 Å². The average molecular weight is 366 g/mol. The quantitative estimate of drug-likeness (QED) is 0.382. The summed E-state index contributed by atoms with van der Waals surface area (Å²) in [4.78, 5) is 0. The van der Waals surface area contributed by atoms with Crippen LogP contribution in [-0.4, -0.2) is 45.6 Å². The number of nitrogens with zero attached hydrogens (tertiary/aromatic N) is 1. The van der Waals surface area contributed by atoms with Gasteiger partial charge >= 0.3 is 37.7 Å². The molecule has 8 nitrogen and oxygen atoms in total. The monoisotopic (exact) mass is 366 g/mol.